The van der Waals surface area contributed by atoms with Gasteiger partial charge in [0.05, 0.1) is 35.2 Å². The Balaban J connectivity index is 1.25. The fraction of sp³-hybridized carbons (Fsp3) is 0.564. The van der Waals surface area contributed by atoms with Gasteiger partial charge in [0, 0.05) is 57.6 Å². The average Bonchev–Trinajstić information content (AvgIpc) is 4.00. The summed E-state index contributed by atoms with van der Waals surface area (Å²) in [5, 5.41) is 0. The lowest BCUT2D eigenvalue weighted by Gasteiger charge is -2.18. The van der Waals surface area contributed by atoms with Gasteiger partial charge < -0.3 is 19.4 Å². The first-order chi connectivity index (χ1) is 30.9. The standard InChI is InChI=1S/C55H74N4O6/c1-13-39-34(7)41-29-46-48(38(11)60)36(9)43(57-46)27-42-35(8)40(52(58-42)50-51(55(63)64-12)54(62)49-37(10)44(59-53(49)50)28-45(39)56-41)23-24-47(61)65-26-25-33(6)22-16-21-32(5)20-15-19-31(4)18-14-17-30(2)3/h13,25,27-32,34-35,40,51,57,59H,14-24,26H2,1-12H3/b33-25+,39-13-,41-29?,42-27?,43-27?,44-28?,45-28?,46-29?,52-50?/t31-,32-,34-,35+,40+,51-/m1/s1. The van der Waals surface area contributed by atoms with E-state index in [1.165, 1.54) is 57.6 Å². The summed E-state index contributed by atoms with van der Waals surface area (Å²) < 4.78 is 11.1. The van der Waals surface area contributed by atoms with Crippen LogP contribution in [-0.4, -0.2) is 57.2 Å². The van der Waals surface area contributed by atoms with Crippen molar-refractivity contribution in [2.24, 2.45) is 17.8 Å². The van der Waals surface area contributed by atoms with Crippen LogP contribution in [0.1, 0.15) is 217 Å². The minimum Gasteiger partial charge on any atom is -0.468 e. The lowest BCUT2D eigenvalue weighted by molar-refractivity contribution is -0.143. The number of methoxy groups -OCH3 is 1. The van der Waals surface area contributed by atoms with E-state index in [-0.39, 0.29) is 48.3 Å². The first-order valence-electron chi connectivity index (χ1n) is 24.3. The number of hydrogen-bond donors (Lipinski definition) is 2. The molecule has 6 rings (SSSR count). The van der Waals surface area contributed by atoms with Crippen LogP contribution in [0.2, 0.25) is 0 Å². The van der Waals surface area contributed by atoms with E-state index in [0.717, 1.165) is 52.7 Å². The van der Waals surface area contributed by atoms with E-state index in [1.807, 2.05) is 51.1 Å². The van der Waals surface area contributed by atoms with E-state index in [0.29, 0.717) is 62.5 Å². The van der Waals surface area contributed by atoms with Crippen molar-refractivity contribution < 1.29 is 28.7 Å². The zero-order chi connectivity index (χ0) is 47.3. The van der Waals surface area contributed by atoms with Gasteiger partial charge in [-0.15, -0.1) is 0 Å². The molecule has 3 aromatic heterocycles. The van der Waals surface area contributed by atoms with Crippen molar-refractivity contribution in [3.8, 4) is 0 Å². The molecule has 8 bridgehead atoms. The number of aryl methyl sites for hydroxylation is 2. The number of ketones is 2. The topological polar surface area (TPSA) is 144 Å². The maximum Gasteiger partial charge on any atom is 0.321 e. The molecular weight excluding hydrogens is 813 g/mol. The van der Waals surface area contributed by atoms with E-state index in [1.54, 1.807) is 6.92 Å². The lowest BCUT2D eigenvalue weighted by atomic mass is 9.84. The monoisotopic (exact) mass is 887 g/mol. The van der Waals surface area contributed by atoms with Crippen LogP contribution in [0.25, 0.3) is 27.6 Å². The van der Waals surface area contributed by atoms with Gasteiger partial charge in [0.25, 0.3) is 0 Å². The van der Waals surface area contributed by atoms with E-state index in [2.05, 4.69) is 58.4 Å². The van der Waals surface area contributed by atoms with Crippen molar-refractivity contribution in [1.82, 2.24) is 19.9 Å². The van der Waals surface area contributed by atoms with Crippen LogP contribution < -0.4 is 0 Å². The van der Waals surface area contributed by atoms with Gasteiger partial charge in [0.1, 0.15) is 12.5 Å². The fourth-order valence-corrected chi connectivity index (χ4v) is 10.4. The van der Waals surface area contributed by atoms with Crippen molar-refractivity contribution in [2.75, 3.05) is 13.7 Å². The van der Waals surface area contributed by atoms with Gasteiger partial charge in [-0.05, 0) is 113 Å². The largest absolute Gasteiger partial charge is 0.468 e. The molecule has 0 amide bonds. The Morgan fingerprint density at radius 1 is 0.815 bits per heavy atom. The third kappa shape index (κ3) is 11.0. The molecule has 3 aliphatic rings. The van der Waals surface area contributed by atoms with Gasteiger partial charge in [0.2, 0.25) is 0 Å². The molecule has 350 valence electrons. The number of allylic oxidation sites excluding steroid dienone is 3. The first kappa shape index (κ1) is 49.3. The Hall–Kier alpha value is -5.12. The molecule has 5 heterocycles. The summed E-state index contributed by atoms with van der Waals surface area (Å²) in [5.41, 5.74) is 10.7. The molecule has 0 saturated heterocycles. The SMILES string of the molecule is C/C=C1\c2cc3[nH]c4c(c3C)C(=O)[C@H](C(=O)OC)c4c3nc(cc4[nH]c(cc(n2)[C@@H]1C)c(C(C)=O)c4C)[C@@H](C)[C@@H]3CCC(=O)OC/C=C(\C)CCC[C@H](C)CCC[C@H](C)CCCC(C)C. The number of Topliss-reactive ketones (excluding diaryl/α,β-unsaturated/α-hetero) is 2. The number of aromatic nitrogens is 4. The number of hydrogen-bond acceptors (Lipinski definition) is 8. The molecule has 0 spiro atoms. The number of esters is 2. The van der Waals surface area contributed by atoms with Crippen LogP contribution in [0.4, 0.5) is 0 Å². The molecule has 3 aromatic rings. The number of nitrogens with one attached hydrogen (secondary N) is 2. The lowest BCUT2D eigenvalue weighted by Crippen LogP contribution is -2.21. The summed E-state index contributed by atoms with van der Waals surface area (Å²) in [6, 6.07) is 5.87. The molecule has 1 aliphatic carbocycles. The molecule has 0 fully saturated rings. The third-order valence-electron chi connectivity index (χ3n) is 14.5. The second kappa shape index (κ2) is 21.5. The fourth-order valence-electron chi connectivity index (χ4n) is 10.4. The number of aromatic amines is 2. The van der Waals surface area contributed by atoms with E-state index >= 15 is 0 Å². The Morgan fingerprint density at radius 3 is 2.11 bits per heavy atom. The van der Waals surface area contributed by atoms with Crippen LogP contribution in [0, 0.1) is 31.6 Å². The molecule has 6 atom stereocenters. The molecule has 0 aromatic carbocycles. The molecular formula is C55H74N4O6. The highest BCUT2D eigenvalue weighted by molar-refractivity contribution is 6.23. The van der Waals surface area contributed by atoms with Crippen molar-refractivity contribution in [3.05, 3.63) is 86.5 Å². The van der Waals surface area contributed by atoms with Crippen LogP contribution in [-0.2, 0) is 19.1 Å². The molecule has 0 unspecified atom stereocenters. The summed E-state index contributed by atoms with van der Waals surface area (Å²) in [6.07, 6.45) is 15.8. The first-order valence-corrected chi connectivity index (χ1v) is 24.3. The van der Waals surface area contributed by atoms with Crippen LogP contribution in [0.15, 0.2) is 35.9 Å². The van der Waals surface area contributed by atoms with E-state index in [9.17, 15) is 19.2 Å². The summed E-state index contributed by atoms with van der Waals surface area (Å²) in [7, 11) is 1.29. The smallest absolute Gasteiger partial charge is 0.321 e. The molecule has 10 heteroatoms. The number of fused-ring (bicyclic) bond motifs is 8. The number of carbonyl (C=O) groups is 4. The van der Waals surface area contributed by atoms with Gasteiger partial charge in [-0.25, -0.2) is 0 Å². The number of nitrogens with zero attached hydrogens (tertiary/aromatic N) is 2. The zero-order valence-electron chi connectivity index (χ0n) is 41.3. The zero-order valence-corrected chi connectivity index (χ0v) is 41.3. The second-order valence-electron chi connectivity index (χ2n) is 19.9. The minimum absolute atomic E-state index is 0.0485. The number of H-pyrrole nitrogens is 2. The summed E-state index contributed by atoms with van der Waals surface area (Å²) in [6.45, 7) is 23.2. The van der Waals surface area contributed by atoms with Gasteiger partial charge in [-0.1, -0.05) is 98.1 Å². The Morgan fingerprint density at radius 2 is 1.46 bits per heavy atom. The maximum atomic E-state index is 14.4. The van der Waals surface area contributed by atoms with Gasteiger partial charge in [-0.3, -0.25) is 29.1 Å². The van der Waals surface area contributed by atoms with Gasteiger partial charge >= 0.3 is 11.9 Å². The molecule has 2 N–H and O–H groups in total. The highest BCUT2D eigenvalue weighted by Crippen LogP contribution is 2.48. The van der Waals surface area contributed by atoms with Crippen molar-refractivity contribution in [3.63, 3.8) is 0 Å². The van der Waals surface area contributed by atoms with Crippen molar-refractivity contribution in [1.29, 1.82) is 0 Å². The molecule has 10 nitrogen and oxygen atoms in total. The Labute approximate surface area is 386 Å². The quantitative estimate of drug-likeness (QED) is 0.0524. The summed E-state index contributed by atoms with van der Waals surface area (Å²) >= 11 is 0. The normalized spacial score (nSPS) is 19.9. The van der Waals surface area contributed by atoms with Gasteiger partial charge in [-0.2, -0.15) is 0 Å². The maximum absolute atomic E-state index is 14.4. The average molecular weight is 887 g/mol. The number of carbonyl (C=O) groups excluding carboxylic acids is 4. The number of ether oxygens (including phenoxy) is 2. The second-order valence-corrected chi connectivity index (χ2v) is 19.9. The Bertz CT molecular complexity index is 2520. The number of rotatable bonds is 19. The van der Waals surface area contributed by atoms with Crippen molar-refractivity contribution in [2.45, 2.75) is 170 Å². The predicted octanol–water partition coefficient (Wildman–Crippen LogP) is 13.4. The molecule has 0 radical (unpaired) electrons. The van der Waals surface area contributed by atoms with E-state index < -0.39 is 11.9 Å². The predicted molar refractivity (Wildman–Crippen MR) is 261 cm³/mol. The van der Waals surface area contributed by atoms with Crippen LogP contribution >= 0.6 is 0 Å². The highest BCUT2D eigenvalue weighted by atomic mass is 16.5. The molecule has 0 saturated carbocycles. The summed E-state index contributed by atoms with van der Waals surface area (Å²) in [4.78, 5) is 72.0. The highest BCUT2D eigenvalue weighted by Gasteiger charge is 2.45. The molecule has 65 heavy (non-hydrogen) atoms. The van der Waals surface area contributed by atoms with Crippen molar-refractivity contribution >= 4 is 51.1 Å². The van der Waals surface area contributed by atoms with Gasteiger partial charge in [0.15, 0.2) is 11.6 Å². The summed E-state index contributed by atoms with van der Waals surface area (Å²) in [5.74, 6) is -0.905. The third-order valence-corrected chi connectivity index (χ3v) is 14.5. The van der Waals surface area contributed by atoms with Crippen LogP contribution in [0.3, 0.4) is 0 Å². The minimum atomic E-state index is -1.22. The van der Waals surface area contributed by atoms with Crippen LogP contribution in [0.5, 0.6) is 0 Å². The Kier molecular flexibility index (Phi) is 16.3. The van der Waals surface area contributed by atoms with E-state index in [4.69, 9.17) is 19.4 Å². The molecule has 2 aliphatic heterocycles.